The van der Waals surface area contributed by atoms with Gasteiger partial charge in [-0.05, 0) is 52.7 Å². The van der Waals surface area contributed by atoms with Gasteiger partial charge >= 0.3 is 0 Å². The molecule has 5 aromatic carbocycles. The third-order valence-corrected chi connectivity index (χ3v) is 6.75. The molecule has 0 aliphatic carbocycles. The highest BCUT2D eigenvalue weighted by Gasteiger charge is 2.41. The van der Waals surface area contributed by atoms with Gasteiger partial charge in [-0.1, -0.05) is 54.6 Å². The first-order valence-corrected chi connectivity index (χ1v) is 11.6. The highest BCUT2D eigenvalue weighted by Crippen LogP contribution is 2.49. The lowest BCUT2D eigenvalue weighted by Gasteiger charge is -2.34. The lowest BCUT2D eigenvalue weighted by molar-refractivity contribution is 0.120. The van der Waals surface area contributed by atoms with Gasteiger partial charge in [-0.15, -0.1) is 0 Å². The normalized spacial score (nSPS) is 12.8. The van der Waals surface area contributed by atoms with Gasteiger partial charge in [-0.25, -0.2) is 0 Å². The Labute approximate surface area is 210 Å². The van der Waals surface area contributed by atoms with Crippen molar-refractivity contribution in [1.82, 2.24) is 0 Å². The van der Waals surface area contributed by atoms with Crippen LogP contribution in [0.2, 0.25) is 0 Å². The molecule has 182 valence electrons. The van der Waals surface area contributed by atoms with E-state index in [2.05, 4.69) is 0 Å². The molecule has 1 atom stereocenters. The van der Waals surface area contributed by atoms with Crippen LogP contribution in [0, 0.1) is 0 Å². The van der Waals surface area contributed by atoms with Crippen LogP contribution in [0.3, 0.4) is 0 Å². The molecule has 0 aliphatic rings. The molecule has 0 saturated heterocycles. The molecule has 0 amide bonds. The molecule has 0 aromatic heterocycles. The summed E-state index contributed by atoms with van der Waals surface area (Å²) in [5.74, 6) is 2.51. The lowest BCUT2D eigenvalue weighted by atomic mass is 9.76. The van der Waals surface area contributed by atoms with Crippen LogP contribution in [-0.4, -0.2) is 33.5 Å². The fraction of sp³-hybridized carbons (Fsp3) is 0.161. The van der Waals surface area contributed by atoms with E-state index in [0.29, 0.717) is 39.7 Å². The molecular weight excluding hydrogens is 452 g/mol. The smallest absolute Gasteiger partial charge is 0.148 e. The molecule has 0 bridgehead atoms. The van der Waals surface area contributed by atoms with E-state index in [-0.39, 0.29) is 0 Å². The quantitative estimate of drug-likeness (QED) is 0.277. The zero-order valence-electron chi connectivity index (χ0n) is 20.7. The van der Waals surface area contributed by atoms with Gasteiger partial charge in [0.2, 0.25) is 0 Å². The van der Waals surface area contributed by atoms with Crippen molar-refractivity contribution >= 4 is 21.5 Å². The molecule has 0 heterocycles. The summed E-state index contributed by atoms with van der Waals surface area (Å²) in [6.07, 6.45) is 0. The van der Waals surface area contributed by atoms with Gasteiger partial charge in [-0.2, -0.15) is 0 Å². The third-order valence-electron chi connectivity index (χ3n) is 6.75. The van der Waals surface area contributed by atoms with E-state index in [4.69, 9.17) is 18.9 Å². The van der Waals surface area contributed by atoms with E-state index >= 15 is 0 Å². The number of methoxy groups -OCH3 is 4. The zero-order chi connectivity index (χ0) is 25.3. The average Bonchev–Trinajstić information content (AvgIpc) is 2.95. The van der Waals surface area contributed by atoms with Crippen LogP contribution in [0.5, 0.6) is 23.0 Å². The van der Waals surface area contributed by atoms with Crippen molar-refractivity contribution < 1.29 is 24.1 Å². The molecule has 5 aromatic rings. The Bertz CT molecular complexity index is 1540. The molecule has 1 N–H and O–H groups in total. The van der Waals surface area contributed by atoms with E-state index in [1.807, 2.05) is 91.0 Å². The van der Waals surface area contributed by atoms with E-state index in [0.717, 1.165) is 21.5 Å². The maximum Gasteiger partial charge on any atom is 0.148 e. The number of fused-ring (bicyclic) bond motifs is 2. The van der Waals surface area contributed by atoms with Crippen molar-refractivity contribution in [3.63, 3.8) is 0 Å². The Balaban J connectivity index is 1.97. The minimum atomic E-state index is -1.64. The summed E-state index contributed by atoms with van der Waals surface area (Å²) >= 11 is 0. The molecule has 5 nitrogen and oxygen atoms in total. The fourth-order valence-electron chi connectivity index (χ4n) is 5.05. The van der Waals surface area contributed by atoms with Gasteiger partial charge in [0.15, 0.2) is 0 Å². The number of hydrogen-bond donors (Lipinski definition) is 1. The van der Waals surface area contributed by atoms with Gasteiger partial charge in [0.05, 0.1) is 28.4 Å². The maximum atomic E-state index is 13.0. The first-order valence-electron chi connectivity index (χ1n) is 11.6. The van der Waals surface area contributed by atoms with Crippen LogP contribution >= 0.6 is 0 Å². The van der Waals surface area contributed by atoms with Gasteiger partial charge in [0, 0.05) is 21.9 Å². The highest BCUT2D eigenvalue weighted by atomic mass is 16.5. The van der Waals surface area contributed by atoms with Crippen LogP contribution < -0.4 is 18.9 Å². The minimum absolute atomic E-state index is 0.545. The second kappa shape index (κ2) is 9.44. The summed E-state index contributed by atoms with van der Waals surface area (Å²) in [5.41, 5.74) is 0.201. The van der Waals surface area contributed by atoms with Crippen LogP contribution in [0.25, 0.3) is 21.5 Å². The Hall–Kier alpha value is -4.22. The molecule has 0 fully saturated rings. The van der Waals surface area contributed by atoms with E-state index in [9.17, 15) is 5.11 Å². The number of hydrogen-bond acceptors (Lipinski definition) is 5. The van der Waals surface area contributed by atoms with Crippen LogP contribution in [-0.2, 0) is 5.60 Å². The lowest BCUT2D eigenvalue weighted by Crippen LogP contribution is -2.30. The molecule has 0 aliphatic heterocycles. The summed E-state index contributed by atoms with van der Waals surface area (Å²) in [4.78, 5) is 0. The monoisotopic (exact) mass is 480 g/mol. The Kier molecular flexibility index (Phi) is 6.17. The minimum Gasteiger partial charge on any atom is -0.496 e. The van der Waals surface area contributed by atoms with Gasteiger partial charge in [0.25, 0.3) is 0 Å². The topological polar surface area (TPSA) is 57.2 Å². The van der Waals surface area contributed by atoms with E-state index in [1.54, 1.807) is 28.4 Å². The second-order valence-electron chi connectivity index (χ2n) is 8.51. The number of benzene rings is 5. The largest absolute Gasteiger partial charge is 0.496 e. The van der Waals surface area contributed by atoms with Crippen molar-refractivity contribution in [2.75, 3.05) is 28.4 Å². The molecule has 0 radical (unpaired) electrons. The summed E-state index contributed by atoms with van der Waals surface area (Å²) in [6, 6.07) is 28.9. The van der Waals surface area contributed by atoms with Crippen molar-refractivity contribution in [3.05, 3.63) is 108 Å². The molecule has 5 rings (SSSR count). The fourth-order valence-corrected chi connectivity index (χ4v) is 5.05. The molecule has 0 saturated carbocycles. The first-order chi connectivity index (χ1) is 17.6. The van der Waals surface area contributed by atoms with Crippen molar-refractivity contribution in [2.45, 2.75) is 5.60 Å². The van der Waals surface area contributed by atoms with Gasteiger partial charge < -0.3 is 24.1 Å². The Morgan fingerprint density at radius 3 is 1.83 bits per heavy atom. The van der Waals surface area contributed by atoms with Crippen LogP contribution in [0.4, 0.5) is 0 Å². The van der Waals surface area contributed by atoms with Gasteiger partial charge in [-0.3, -0.25) is 0 Å². The van der Waals surface area contributed by atoms with Crippen molar-refractivity contribution in [2.24, 2.45) is 0 Å². The number of ether oxygens (including phenoxy) is 4. The SMILES string of the molecule is COc1cc2cccc(OC)c2cc1[C@](O)(c1ccccc1)c1c(OC)ccc2c(OC)cccc12. The maximum absolute atomic E-state index is 13.0. The average molecular weight is 481 g/mol. The second-order valence-corrected chi connectivity index (χ2v) is 8.51. The highest BCUT2D eigenvalue weighted by molar-refractivity contribution is 5.96. The molecule has 36 heavy (non-hydrogen) atoms. The summed E-state index contributed by atoms with van der Waals surface area (Å²) in [5, 5.41) is 16.5. The van der Waals surface area contributed by atoms with Crippen molar-refractivity contribution in [1.29, 1.82) is 0 Å². The van der Waals surface area contributed by atoms with Crippen LogP contribution in [0.15, 0.2) is 91.0 Å². The summed E-state index contributed by atoms with van der Waals surface area (Å²) < 4.78 is 23.0. The standard InChI is InChI=1S/C31H28O5/c1-33-26-15-9-13-23-22(26)16-17-28(35-3)30(23)31(32,21-11-6-5-7-12-21)25-19-24-20(18-29(25)36-4)10-8-14-27(24)34-2/h5-19,32H,1-4H3/t31-/m1/s1. The van der Waals surface area contributed by atoms with Gasteiger partial charge in [0.1, 0.15) is 28.6 Å². The molecule has 0 spiro atoms. The number of rotatable bonds is 7. The zero-order valence-corrected chi connectivity index (χ0v) is 20.7. The third kappa shape index (κ3) is 3.60. The first kappa shape index (κ1) is 23.5. The van der Waals surface area contributed by atoms with E-state index < -0.39 is 5.60 Å². The molecular formula is C31H28O5. The predicted molar refractivity (Wildman–Crippen MR) is 143 cm³/mol. The molecule has 0 unspecified atom stereocenters. The van der Waals surface area contributed by atoms with Crippen molar-refractivity contribution in [3.8, 4) is 23.0 Å². The number of aliphatic hydroxyl groups is 1. The Morgan fingerprint density at radius 1 is 0.528 bits per heavy atom. The predicted octanol–water partition coefficient (Wildman–Crippen LogP) is 6.31. The van der Waals surface area contributed by atoms with E-state index in [1.165, 1.54) is 0 Å². The van der Waals surface area contributed by atoms with Crippen LogP contribution in [0.1, 0.15) is 16.7 Å². The summed E-state index contributed by atoms with van der Waals surface area (Å²) in [6.45, 7) is 0. The summed E-state index contributed by atoms with van der Waals surface area (Å²) in [7, 11) is 6.50. The Morgan fingerprint density at radius 2 is 1.17 bits per heavy atom. The molecule has 5 heteroatoms.